The highest BCUT2D eigenvalue weighted by Crippen LogP contribution is 1.97. The molecule has 0 amide bonds. The second-order valence-corrected chi connectivity index (χ2v) is 1.85. The predicted molar refractivity (Wildman–Crippen MR) is 37.9 cm³/mol. The van der Waals surface area contributed by atoms with Crippen molar-refractivity contribution in [1.29, 1.82) is 0 Å². The summed E-state index contributed by atoms with van der Waals surface area (Å²) in [5, 5.41) is 0. The monoisotopic (exact) mass is 194 g/mol. The fourth-order valence-electron chi connectivity index (χ4n) is 0.415. The quantitative estimate of drug-likeness (QED) is 0.494. The van der Waals surface area contributed by atoms with E-state index in [9.17, 15) is 18.4 Å². The summed E-state index contributed by atoms with van der Waals surface area (Å²) in [6, 6.07) is 0. The van der Waals surface area contributed by atoms with Gasteiger partial charge in [0.2, 0.25) is 0 Å². The summed E-state index contributed by atoms with van der Waals surface area (Å²) in [5.41, 5.74) is 0. The van der Waals surface area contributed by atoms with E-state index < -0.39 is 24.4 Å². The van der Waals surface area contributed by atoms with E-state index in [1.54, 1.807) is 0 Å². The van der Waals surface area contributed by atoms with Gasteiger partial charge in [-0.1, -0.05) is 0 Å². The summed E-state index contributed by atoms with van der Waals surface area (Å²) in [6.07, 6.45) is -0.363. The van der Waals surface area contributed by atoms with Crippen molar-refractivity contribution in [1.82, 2.24) is 0 Å². The first-order chi connectivity index (χ1) is 6.11. The summed E-state index contributed by atoms with van der Waals surface area (Å²) in [7, 11) is 0. The van der Waals surface area contributed by atoms with Crippen molar-refractivity contribution >= 4 is 11.9 Å². The van der Waals surface area contributed by atoms with Crippen molar-refractivity contribution < 1.29 is 27.8 Å². The summed E-state index contributed by atoms with van der Waals surface area (Å²) in [4.78, 5) is 21.1. The van der Waals surface area contributed by atoms with Crippen LogP contribution in [0, 0.1) is 0 Å². The van der Waals surface area contributed by atoms with E-state index in [2.05, 4.69) is 9.47 Å². The number of esters is 2. The Morgan fingerprint density at radius 2 is 1.85 bits per heavy atom. The van der Waals surface area contributed by atoms with Crippen molar-refractivity contribution in [3.63, 3.8) is 0 Å². The minimum atomic E-state index is -1.35. The molecule has 0 aliphatic carbocycles. The minimum absolute atomic E-state index is 0.00929. The van der Waals surface area contributed by atoms with E-state index in [1.165, 1.54) is 6.92 Å². The standard InChI is InChI=1S/C7H8F2O4/c1-2-12-6(10)7(11)13-4-5(9)3-8/h3H,2,4H2,1H3/b5-3+. The van der Waals surface area contributed by atoms with Gasteiger partial charge in [-0.15, -0.1) is 0 Å². The molecule has 0 aromatic carbocycles. The number of carbonyl (C=O) groups excluding carboxylic acids is 2. The lowest BCUT2D eigenvalue weighted by Crippen LogP contribution is -2.20. The Morgan fingerprint density at radius 1 is 1.31 bits per heavy atom. The van der Waals surface area contributed by atoms with Gasteiger partial charge in [0.15, 0.2) is 5.83 Å². The van der Waals surface area contributed by atoms with Crippen LogP contribution in [0.3, 0.4) is 0 Å². The van der Waals surface area contributed by atoms with Gasteiger partial charge >= 0.3 is 11.9 Å². The van der Waals surface area contributed by atoms with Gasteiger partial charge in [-0.2, -0.15) is 0 Å². The van der Waals surface area contributed by atoms with E-state index in [1.807, 2.05) is 0 Å². The van der Waals surface area contributed by atoms with Crippen LogP contribution in [0.5, 0.6) is 0 Å². The number of halogens is 2. The molecule has 0 spiro atoms. The highest BCUT2D eigenvalue weighted by Gasteiger charge is 2.16. The van der Waals surface area contributed by atoms with Crippen molar-refractivity contribution in [3.05, 3.63) is 12.2 Å². The van der Waals surface area contributed by atoms with Crippen LogP contribution in [-0.2, 0) is 19.1 Å². The molecule has 0 radical (unpaired) electrons. The van der Waals surface area contributed by atoms with Crippen LogP contribution in [0.1, 0.15) is 6.92 Å². The average molecular weight is 194 g/mol. The molecule has 0 rings (SSSR count). The molecular formula is C7H8F2O4. The zero-order valence-electron chi connectivity index (χ0n) is 6.88. The maximum atomic E-state index is 12.0. The SMILES string of the molecule is CCOC(=O)C(=O)OC/C(F)=C\F. The first-order valence-corrected chi connectivity index (χ1v) is 3.40. The molecule has 0 aromatic heterocycles. The minimum Gasteiger partial charge on any atom is -0.458 e. The Labute approximate surface area is 73.1 Å². The molecule has 0 fully saturated rings. The van der Waals surface area contributed by atoms with Crippen LogP contribution in [0.25, 0.3) is 0 Å². The topological polar surface area (TPSA) is 52.6 Å². The van der Waals surface area contributed by atoms with Crippen molar-refractivity contribution in [2.24, 2.45) is 0 Å². The lowest BCUT2D eigenvalue weighted by Gasteiger charge is -2.01. The van der Waals surface area contributed by atoms with Gasteiger partial charge in [0.25, 0.3) is 0 Å². The van der Waals surface area contributed by atoms with E-state index in [4.69, 9.17) is 0 Å². The molecule has 0 aliphatic heterocycles. The molecule has 0 saturated heterocycles. The largest absolute Gasteiger partial charge is 0.458 e. The van der Waals surface area contributed by atoms with Gasteiger partial charge in [0, 0.05) is 0 Å². The Bertz CT molecular complexity index is 225. The van der Waals surface area contributed by atoms with E-state index in [0.717, 1.165) is 0 Å². The first kappa shape index (κ1) is 11.5. The summed E-state index contributed by atoms with van der Waals surface area (Å²) in [5.74, 6) is -3.86. The third-order valence-electron chi connectivity index (χ3n) is 0.902. The third-order valence-corrected chi connectivity index (χ3v) is 0.902. The third kappa shape index (κ3) is 4.89. The average Bonchev–Trinajstić information content (AvgIpc) is 2.13. The second-order valence-electron chi connectivity index (χ2n) is 1.85. The maximum Gasteiger partial charge on any atom is 0.417 e. The first-order valence-electron chi connectivity index (χ1n) is 3.40. The van der Waals surface area contributed by atoms with Crippen LogP contribution in [-0.4, -0.2) is 25.2 Å². The lowest BCUT2D eigenvalue weighted by molar-refractivity contribution is -0.167. The van der Waals surface area contributed by atoms with Crippen LogP contribution in [0.4, 0.5) is 8.78 Å². The smallest absolute Gasteiger partial charge is 0.417 e. The molecule has 0 aromatic rings. The molecule has 0 unspecified atom stereocenters. The molecule has 0 heterocycles. The normalized spacial score (nSPS) is 10.8. The predicted octanol–water partition coefficient (Wildman–Crippen LogP) is 0.873. The van der Waals surface area contributed by atoms with Gasteiger partial charge in [-0.3, -0.25) is 0 Å². The molecule has 0 bridgehead atoms. The number of hydrogen-bond acceptors (Lipinski definition) is 4. The Balaban J connectivity index is 3.81. The highest BCUT2D eigenvalue weighted by atomic mass is 19.2. The molecule has 4 nitrogen and oxygen atoms in total. The molecule has 74 valence electrons. The van der Waals surface area contributed by atoms with Crippen molar-refractivity contribution in [2.45, 2.75) is 6.92 Å². The van der Waals surface area contributed by atoms with Crippen molar-refractivity contribution in [3.8, 4) is 0 Å². The van der Waals surface area contributed by atoms with Gasteiger partial charge in [-0.05, 0) is 6.92 Å². The molecule has 0 N–H and O–H groups in total. The molecular weight excluding hydrogens is 186 g/mol. The fraction of sp³-hybridized carbons (Fsp3) is 0.429. The van der Waals surface area contributed by atoms with E-state index in [-0.39, 0.29) is 12.9 Å². The van der Waals surface area contributed by atoms with Crippen LogP contribution >= 0.6 is 0 Å². The molecule has 0 atom stereocenters. The Morgan fingerprint density at radius 3 is 2.31 bits per heavy atom. The zero-order chi connectivity index (χ0) is 10.3. The van der Waals surface area contributed by atoms with Crippen LogP contribution in [0.15, 0.2) is 12.2 Å². The second kappa shape index (κ2) is 6.10. The van der Waals surface area contributed by atoms with Gasteiger partial charge < -0.3 is 9.47 Å². The Kier molecular flexibility index (Phi) is 5.42. The van der Waals surface area contributed by atoms with Crippen LogP contribution in [0.2, 0.25) is 0 Å². The molecule has 13 heavy (non-hydrogen) atoms. The van der Waals surface area contributed by atoms with Gasteiger partial charge in [0.05, 0.1) is 6.61 Å². The number of hydrogen-bond donors (Lipinski definition) is 0. The van der Waals surface area contributed by atoms with Crippen LogP contribution < -0.4 is 0 Å². The zero-order valence-corrected chi connectivity index (χ0v) is 6.88. The summed E-state index contributed by atoms with van der Waals surface area (Å²) < 4.78 is 31.6. The summed E-state index contributed by atoms with van der Waals surface area (Å²) >= 11 is 0. The summed E-state index contributed by atoms with van der Waals surface area (Å²) in [6.45, 7) is 0.594. The molecule has 0 saturated carbocycles. The van der Waals surface area contributed by atoms with Crippen molar-refractivity contribution in [2.75, 3.05) is 13.2 Å². The van der Waals surface area contributed by atoms with Gasteiger partial charge in [-0.25, -0.2) is 18.4 Å². The van der Waals surface area contributed by atoms with E-state index >= 15 is 0 Å². The maximum absolute atomic E-state index is 12.0. The molecule has 0 aliphatic rings. The number of rotatable bonds is 3. The highest BCUT2D eigenvalue weighted by molar-refractivity contribution is 6.29. The Hall–Kier alpha value is -1.46. The van der Waals surface area contributed by atoms with E-state index in [0.29, 0.717) is 0 Å². The van der Waals surface area contributed by atoms with Gasteiger partial charge in [0.1, 0.15) is 12.9 Å². The lowest BCUT2D eigenvalue weighted by atomic mass is 10.6. The number of carbonyl (C=O) groups is 2. The fourth-order valence-corrected chi connectivity index (χ4v) is 0.415. The molecule has 6 heteroatoms. The number of ether oxygens (including phenoxy) is 2.